The molecule has 8 atom stereocenters. The quantitative estimate of drug-likeness (QED) is 0.0474. The molecule has 3 fully saturated rings. The zero-order valence-electron chi connectivity index (χ0n) is 45.5. The Hall–Kier alpha value is -5.14. The molecule has 1 aromatic rings. The normalized spacial score (nSPS) is 26.7. The van der Waals surface area contributed by atoms with Crippen molar-refractivity contribution < 1.29 is 76.6 Å². The molecule has 0 radical (unpaired) electrons. The maximum atomic E-state index is 14.2. The molecule has 22 nitrogen and oxygen atoms in total. The molecule has 77 heavy (non-hydrogen) atoms. The van der Waals surface area contributed by atoms with Crippen LogP contribution in [0.5, 0.6) is 0 Å². The first-order valence-corrected chi connectivity index (χ1v) is 27.5. The van der Waals surface area contributed by atoms with Gasteiger partial charge in [0.2, 0.25) is 35.4 Å². The van der Waals surface area contributed by atoms with Crippen molar-refractivity contribution >= 4 is 76.6 Å². The van der Waals surface area contributed by atoms with Crippen LogP contribution in [0.4, 0.5) is 10.5 Å². The molecular weight excluding hydrogens is 1040 g/mol. The lowest BCUT2D eigenvalue weighted by molar-refractivity contribution is -0.157. The maximum absolute atomic E-state index is 14.2. The molecule has 428 valence electrons. The van der Waals surface area contributed by atoms with Crippen molar-refractivity contribution in [1.29, 1.82) is 0 Å². The van der Waals surface area contributed by atoms with Crippen LogP contribution in [0, 0.1) is 18.8 Å². The van der Waals surface area contributed by atoms with Crippen LogP contribution in [0.15, 0.2) is 35.9 Å². The van der Waals surface area contributed by atoms with E-state index < -0.39 is 89.0 Å². The number of esters is 1. The van der Waals surface area contributed by atoms with Gasteiger partial charge >= 0.3 is 12.1 Å². The van der Waals surface area contributed by atoms with Crippen LogP contribution in [-0.4, -0.2) is 197 Å². The first-order chi connectivity index (χ1) is 36.6. The Morgan fingerprint density at radius 1 is 0.922 bits per heavy atom. The standard InChI is InChI=1S/C53H77ClN6O16S/c1-33-10-9-11-35(3)53(69)31-39(74-51(68)57-53)36(4)49-52(5,76-49)41(30-45(64)59(8)38-28-37(26-33)27-34(2)48(38)54)75-47(66)32-58(7)44(63)14-25-77-40-29-46(65)60(50(40)67)16-12-43(62)56-15-18-71-20-22-73-24-23-72-21-19-70-17-13-42(61)55-6/h9-11,27-28,35-36,39-41,49,69H,12-26,29-32H2,1-8H3,(H,55,61)(H,56,62)(H,57,68)/b11-9+,33-10+. The Morgan fingerprint density at radius 2 is 1.58 bits per heavy atom. The number of rotatable bonds is 25. The molecule has 8 unspecified atom stereocenters. The average molecular weight is 1120 g/mol. The van der Waals surface area contributed by atoms with E-state index in [1.165, 1.54) is 16.8 Å². The molecule has 0 spiro atoms. The van der Waals surface area contributed by atoms with Crippen molar-refractivity contribution in [2.24, 2.45) is 11.8 Å². The van der Waals surface area contributed by atoms with Gasteiger partial charge in [-0.25, -0.2) is 4.79 Å². The molecule has 0 aliphatic carbocycles. The number of nitrogens with zero attached hydrogens (tertiary/aromatic N) is 3. The molecule has 4 heterocycles. The summed E-state index contributed by atoms with van der Waals surface area (Å²) in [5, 5.41) is 19.2. The summed E-state index contributed by atoms with van der Waals surface area (Å²) >= 11 is 7.94. The van der Waals surface area contributed by atoms with E-state index >= 15 is 0 Å². The summed E-state index contributed by atoms with van der Waals surface area (Å²) in [5.74, 6) is -3.91. The summed E-state index contributed by atoms with van der Waals surface area (Å²) in [5.41, 5.74) is 0.187. The van der Waals surface area contributed by atoms with E-state index in [1.807, 2.05) is 44.2 Å². The van der Waals surface area contributed by atoms with Crippen LogP contribution in [0.2, 0.25) is 5.02 Å². The lowest BCUT2D eigenvalue weighted by Gasteiger charge is -2.41. The van der Waals surface area contributed by atoms with Crippen molar-refractivity contribution in [2.75, 3.05) is 104 Å². The van der Waals surface area contributed by atoms with Crippen LogP contribution in [0.1, 0.15) is 77.3 Å². The fourth-order valence-corrected chi connectivity index (χ4v) is 10.5. The fourth-order valence-electron chi connectivity index (χ4n) is 9.14. The number of carbonyl (C=O) groups is 8. The highest BCUT2D eigenvalue weighted by molar-refractivity contribution is 8.00. The van der Waals surface area contributed by atoms with Crippen molar-refractivity contribution in [1.82, 2.24) is 25.8 Å². The number of nitrogens with one attached hydrogen (secondary N) is 3. The number of epoxide rings is 1. The number of halogens is 1. The van der Waals surface area contributed by atoms with Crippen molar-refractivity contribution in [3.8, 4) is 0 Å². The van der Waals surface area contributed by atoms with Gasteiger partial charge in [-0.1, -0.05) is 55.3 Å². The van der Waals surface area contributed by atoms with Gasteiger partial charge in [0, 0.05) is 83.9 Å². The van der Waals surface area contributed by atoms with Gasteiger partial charge in [-0.3, -0.25) is 43.8 Å². The number of hydrogen-bond acceptors (Lipinski definition) is 17. The van der Waals surface area contributed by atoms with Crippen LogP contribution in [0.3, 0.4) is 0 Å². The zero-order chi connectivity index (χ0) is 56.5. The number of carbonyl (C=O) groups excluding carboxylic acids is 8. The summed E-state index contributed by atoms with van der Waals surface area (Å²) in [6.07, 6.45) is 2.33. The number of ether oxygens (including phenoxy) is 7. The average Bonchev–Trinajstić information content (AvgIpc) is 4.11. The first-order valence-electron chi connectivity index (χ1n) is 26.0. The largest absolute Gasteiger partial charge is 0.457 e. The highest BCUT2D eigenvalue weighted by Gasteiger charge is 2.64. The van der Waals surface area contributed by atoms with Gasteiger partial charge in [-0.05, 0) is 44.4 Å². The number of alkyl carbamates (subject to hydrolysis) is 1. The molecule has 5 rings (SSSR count). The van der Waals surface area contributed by atoms with Crippen LogP contribution >= 0.6 is 23.4 Å². The van der Waals surface area contributed by atoms with E-state index in [0.29, 0.717) is 69.8 Å². The van der Waals surface area contributed by atoms with Crippen molar-refractivity contribution in [3.63, 3.8) is 0 Å². The topological polar surface area (TPSA) is 271 Å². The minimum absolute atomic E-state index is 0.0194. The second-order valence-corrected chi connectivity index (χ2v) is 21.6. The fraction of sp³-hybridized carbons (Fsp3) is 0.660. The Morgan fingerprint density at radius 3 is 2.26 bits per heavy atom. The second kappa shape index (κ2) is 29.7. The Labute approximate surface area is 459 Å². The molecule has 7 amide bonds. The van der Waals surface area contributed by atoms with E-state index in [-0.39, 0.29) is 69.4 Å². The SMILES string of the molecule is CNC(=O)CCOCCOCCOCCOCCNC(=O)CCN1C(=O)CC(SCCC(=O)N(C)CC(=O)OC2CC(=O)N(C)c3cc(cc(C)c3Cl)C/C(C)=C/C=C/C(C)C3(O)CC(OC(=O)N3)C(C)C3OC23C)C1=O. The number of aliphatic hydroxyl groups is 1. The predicted molar refractivity (Wildman–Crippen MR) is 285 cm³/mol. The third-order valence-corrected chi connectivity index (χ3v) is 15.7. The summed E-state index contributed by atoms with van der Waals surface area (Å²) in [6.45, 7) is 11.4. The number of fused-ring (bicyclic) bond motifs is 5. The molecule has 24 heteroatoms. The van der Waals surface area contributed by atoms with Crippen LogP contribution in [-0.2, 0) is 73.1 Å². The number of allylic oxidation sites excluding steroid dienone is 3. The number of imide groups is 1. The lowest BCUT2D eigenvalue weighted by atomic mass is 9.82. The number of hydrogen-bond donors (Lipinski definition) is 4. The highest BCUT2D eigenvalue weighted by Crippen LogP contribution is 2.49. The summed E-state index contributed by atoms with van der Waals surface area (Å²) in [4.78, 5) is 107. The van der Waals surface area contributed by atoms with Gasteiger partial charge in [0.15, 0.2) is 0 Å². The molecular formula is C53H77ClN6O16S. The second-order valence-electron chi connectivity index (χ2n) is 19.9. The number of aryl methyl sites for hydroxylation is 1. The molecule has 4 bridgehead atoms. The minimum atomic E-state index is -1.66. The van der Waals surface area contributed by atoms with Gasteiger partial charge in [0.1, 0.15) is 30.1 Å². The van der Waals surface area contributed by atoms with Gasteiger partial charge < -0.3 is 58.7 Å². The minimum Gasteiger partial charge on any atom is -0.457 e. The van der Waals surface area contributed by atoms with Gasteiger partial charge in [-0.15, -0.1) is 11.8 Å². The van der Waals surface area contributed by atoms with E-state index in [2.05, 4.69) is 16.0 Å². The first kappa shape index (κ1) is 62.7. The predicted octanol–water partition coefficient (Wildman–Crippen LogP) is 3.01. The molecule has 1 aromatic carbocycles. The number of thioether (sulfide) groups is 1. The number of likely N-dealkylation sites (N-methyl/N-ethyl adjacent to an activating group) is 1. The molecule has 3 saturated heterocycles. The zero-order valence-corrected chi connectivity index (χ0v) is 47.1. The highest BCUT2D eigenvalue weighted by atomic mass is 35.5. The van der Waals surface area contributed by atoms with E-state index in [4.69, 9.17) is 44.8 Å². The van der Waals surface area contributed by atoms with Crippen molar-refractivity contribution in [3.05, 3.63) is 52.1 Å². The summed E-state index contributed by atoms with van der Waals surface area (Å²) in [6, 6.07) is 3.78. The molecule has 0 aromatic heterocycles. The summed E-state index contributed by atoms with van der Waals surface area (Å²) < 4.78 is 39.6. The smallest absolute Gasteiger partial charge is 0.409 e. The molecule has 0 saturated carbocycles. The third kappa shape index (κ3) is 18.5. The lowest BCUT2D eigenvalue weighted by Crippen LogP contribution is -2.60. The van der Waals surface area contributed by atoms with Crippen LogP contribution in [0.25, 0.3) is 0 Å². The molecule has 4 aliphatic heterocycles. The summed E-state index contributed by atoms with van der Waals surface area (Å²) in [7, 11) is 4.58. The molecule has 4 aliphatic rings. The molecule has 4 N–H and O–H groups in total. The monoisotopic (exact) mass is 1120 g/mol. The Balaban J connectivity index is 1.07. The maximum Gasteiger partial charge on any atom is 0.409 e. The van der Waals surface area contributed by atoms with E-state index in [9.17, 15) is 43.5 Å². The number of amides is 7. The third-order valence-electron chi connectivity index (χ3n) is 14.0. The van der Waals surface area contributed by atoms with Crippen LogP contribution < -0.4 is 20.9 Å². The van der Waals surface area contributed by atoms with Crippen molar-refractivity contribution in [2.45, 2.75) is 114 Å². The van der Waals surface area contributed by atoms with Gasteiger partial charge in [0.05, 0.1) is 81.3 Å². The van der Waals surface area contributed by atoms with E-state index in [0.717, 1.165) is 33.4 Å². The number of anilines is 1. The number of likely N-dealkylation sites (tertiary alicyclic amines) is 1. The Kier molecular flexibility index (Phi) is 24.2. The Bertz CT molecular complexity index is 2340. The van der Waals surface area contributed by atoms with Gasteiger partial charge in [-0.2, -0.15) is 0 Å². The number of benzene rings is 1. The van der Waals surface area contributed by atoms with E-state index in [1.54, 1.807) is 34.9 Å². The van der Waals surface area contributed by atoms with Gasteiger partial charge in [0.25, 0.3) is 0 Å².